The van der Waals surface area contributed by atoms with Gasteiger partial charge in [-0.05, 0) is 43.7 Å². The average molecular weight is 357 g/mol. The molecule has 2 rings (SSSR count). The highest BCUT2D eigenvalue weighted by atomic mass is 16.5. The number of ether oxygens (including phenoxy) is 2. The van der Waals surface area contributed by atoms with Crippen LogP contribution in [0.1, 0.15) is 19.4 Å². The van der Waals surface area contributed by atoms with Crippen LogP contribution >= 0.6 is 0 Å². The summed E-state index contributed by atoms with van der Waals surface area (Å²) in [6, 6.07) is 14.4. The van der Waals surface area contributed by atoms with E-state index in [-0.39, 0.29) is 6.61 Å². The number of anilines is 1. The highest BCUT2D eigenvalue weighted by Crippen LogP contribution is 2.31. The Bertz CT molecular complexity index is 745. The first-order chi connectivity index (χ1) is 12.4. The van der Waals surface area contributed by atoms with E-state index in [1.807, 2.05) is 0 Å². The van der Waals surface area contributed by atoms with Crippen LogP contribution in [-0.4, -0.2) is 36.8 Å². The standard InChI is InChI=1S/C20H23NO5/c1-4-26-18(22)17(21-15-10-12-16(25-3)13-11-15)20(2,19(23)24)14-8-6-5-7-9-14/h5-13,17,21H,4H2,1-3H3,(H,23,24)/t17-,20+/m1/s1. The van der Waals surface area contributed by atoms with Crippen LogP contribution in [0.5, 0.6) is 5.75 Å². The van der Waals surface area contributed by atoms with E-state index in [9.17, 15) is 14.7 Å². The van der Waals surface area contributed by atoms with Gasteiger partial charge in [0.2, 0.25) is 0 Å². The summed E-state index contributed by atoms with van der Waals surface area (Å²) in [7, 11) is 1.56. The zero-order chi connectivity index (χ0) is 19.2. The van der Waals surface area contributed by atoms with E-state index < -0.39 is 23.4 Å². The van der Waals surface area contributed by atoms with Crippen molar-refractivity contribution in [2.75, 3.05) is 19.0 Å². The maximum atomic E-state index is 12.6. The van der Waals surface area contributed by atoms with Crippen molar-refractivity contribution in [3.63, 3.8) is 0 Å². The molecule has 0 heterocycles. The Morgan fingerprint density at radius 3 is 2.23 bits per heavy atom. The quantitative estimate of drug-likeness (QED) is 0.706. The second-order valence-electron chi connectivity index (χ2n) is 5.93. The van der Waals surface area contributed by atoms with E-state index in [0.29, 0.717) is 17.0 Å². The summed E-state index contributed by atoms with van der Waals surface area (Å²) in [6.07, 6.45) is 0. The van der Waals surface area contributed by atoms with Crippen molar-refractivity contribution in [2.45, 2.75) is 25.3 Å². The Labute approximate surface area is 152 Å². The van der Waals surface area contributed by atoms with Crippen molar-refractivity contribution in [3.8, 4) is 5.75 Å². The maximum Gasteiger partial charge on any atom is 0.330 e. The van der Waals surface area contributed by atoms with E-state index in [1.165, 1.54) is 6.92 Å². The van der Waals surface area contributed by atoms with Crippen molar-refractivity contribution >= 4 is 17.6 Å². The van der Waals surface area contributed by atoms with Gasteiger partial charge < -0.3 is 19.9 Å². The van der Waals surface area contributed by atoms with Gasteiger partial charge in [0.05, 0.1) is 13.7 Å². The van der Waals surface area contributed by atoms with Crippen LogP contribution in [-0.2, 0) is 19.7 Å². The van der Waals surface area contributed by atoms with E-state index in [4.69, 9.17) is 9.47 Å². The normalized spacial score (nSPS) is 14.0. The number of benzene rings is 2. The summed E-state index contributed by atoms with van der Waals surface area (Å²) in [6.45, 7) is 3.36. The van der Waals surface area contributed by atoms with Gasteiger partial charge in [0.1, 0.15) is 17.2 Å². The minimum atomic E-state index is -1.52. The fraction of sp³-hybridized carbons (Fsp3) is 0.300. The first kappa shape index (κ1) is 19.3. The molecule has 0 aliphatic carbocycles. The SMILES string of the molecule is CCOC(=O)[C@@H](Nc1ccc(OC)cc1)[C@@](C)(C(=O)O)c1ccccc1. The van der Waals surface area contributed by atoms with E-state index in [2.05, 4.69) is 5.32 Å². The molecule has 6 heteroatoms. The van der Waals surface area contributed by atoms with Gasteiger partial charge >= 0.3 is 11.9 Å². The molecule has 6 nitrogen and oxygen atoms in total. The minimum Gasteiger partial charge on any atom is -0.497 e. The molecule has 0 aromatic heterocycles. The fourth-order valence-electron chi connectivity index (χ4n) is 2.72. The fourth-order valence-corrected chi connectivity index (χ4v) is 2.72. The van der Waals surface area contributed by atoms with Gasteiger partial charge in [-0.15, -0.1) is 0 Å². The molecule has 2 aromatic rings. The first-order valence-corrected chi connectivity index (χ1v) is 8.29. The highest BCUT2D eigenvalue weighted by molar-refractivity contribution is 5.93. The predicted octanol–water partition coefficient (Wildman–Crippen LogP) is 3.08. The third-order valence-corrected chi connectivity index (χ3v) is 4.32. The van der Waals surface area contributed by atoms with Crippen molar-refractivity contribution < 1.29 is 24.2 Å². The van der Waals surface area contributed by atoms with E-state index in [1.54, 1.807) is 68.6 Å². The monoisotopic (exact) mass is 357 g/mol. The zero-order valence-corrected chi connectivity index (χ0v) is 15.1. The molecule has 0 saturated carbocycles. The van der Waals surface area contributed by atoms with Gasteiger partial charge in [-0.2, -0.15) is 0 Å². The smallest absolute Gasteiger partial charge is 0.330 e. The Morgan fingerprint density at radius 1 is 1.12 bits per heavy atom. The first-order valence-electron chi connectivity index (χ1n) is 8.29. The summed E-state index contributed by atoms with van der Waals surface area (Å²) in [5.41, 5.74) is -0.424. The number of carbonyl (C=O) groups is 2. The minimum absolute atomic E-state index is 0.157. The molecule has 0 bridgehead atoms. The van der Waals surface area contributed by atoms with Crippen molar-refractivity contribution in [1.29, 1.82) is 0 Å². The zero-order valence-electron chi connectivity index (χ0n) is 15.1. The number of methoxy groups -OCH3 is 1. The lowest BCUT2D eigenvalue weighted by Gasteiger charge is -2.34. The molecule has 26 heavy (non-hydrogen) atoms. The van der Waals surface area contributed by atoms with Crippen LogP contribution in [0.3, 0.4) is 0 Å². The molecule has 138 valence electrons. The molecule has 0 radical (unpaired) electrons. The van der Waals surface area contributed by atoms with Gasteiger partial charge in [-0.1, -0.05) is 30.3 Å². The van der Waals surface area contributed by atoms with E-state index >= 15 is 0 Å². The number of rotatable bonds is 8. The number of carbonyl (C=O) groups excluding carboxylic acids is 1. The molecule has 0 spiro atoms. The summed E-state index contributed by atoms with van der Waals surface area (Å²) >= 11 is 0. The van der Waals surface area contributed by atoms with Crippen molar-refractivity contribution in [1.82, 2.24) is 0 Å². The lowest BCUT2D eigenvalue weighted by Crippen LogP contribution is -2.53. The summed E-state index contributed by atoms with van der Waals surface area (Å²) in [5, 5.41) is 13.0. The Kier molecular flexibility index (Phi) is 6.22. The predicted molar refractivity (Wildman–Crippen MR) is 98.5 cm³/mol. The second kappa shape index (κ2) is 8.38. The largest absolute Gasteiger partial charge is 0.497 e. The molecule has 2 aromatic carbocycles. The molecule has 2 atom stereocenters. The molecule has 2 N–H and O–H groups in total. The maximum absolute atomic E-state index is 12.6. The summed E-state index contributed by atoms with van der Waals surface area (Å²) in [5.74, 6) is -1.09. The Hall–Kier alpha value is -3.02. The lowest BCUT2D eigenvalue weighted by molar-refractivity contribution is -0.153. The summed E-state index contributed by atoms with van der Waals surface area (Å²) < 4.78 is 10.3. The van der Waals surface area contributed by atoms with Crippen LogP contribution in [0.15, 0.2) is 54.6 Å². The van der Waals surface area contributed by atoms with Crippen LogP contribution in [0.25, 0.3) is 0 Å². The highest BCUT2D eigenvalue weighted by Gasteiger charge is 2.48. The van der Waals surface area contributed by atoms with Crippen molar-refractivity contribution in [2.24, 2.45) is 0 Å². The molecular weight excluding hydrogens is 334 g/mol. The van der Waals surface area contributed by atoms with Gasteiger partial charge in [0.15, 0.2) is 0 Å². The third kappa shape index (κ3) is 3.96. The Balaban J connectivity index is 2.46. The number of esters is 1. The molecule has 0 aliphatic heterocycles. The third-order valence-electron chi connectivity index (χ3n) is 4.32. The Morgan fingerprint density at radius 2 is 1.73 bits per heavy atom. The number of carboxylic acid groups (broad SMARTS) is 1. The number of hydrogen-bond donors (Lipinski definition) is 2. The molecule has 0 aliphatic rings. The van der Waals surface area contributed by atoms with Gasteiger partial charge in [0, 0.05) is 5.69 Å². The molecule has 0 amide bonds. The second-order valence-corrected chi connectivity index (χ2v) is 5.93. The van der Waals surface area contributed by atoms with Gasteiger partial charge in [-0.3, -0.25) is 4.79 Å². The number of aliphatic carboxylic acids is 1. The molecule has 0 unspecified atom stereocenters. The van der Waals surface area contributed by atoms with Gasteiger partial charge in [-0.25, -0.2) is 4.79 Å². The topological polar surface area (TPSA) is 84.9 Å². The van der Waals surface area contributed by atoms with E-state index in [0.717, 1.165) is 0 Å². The van der Waals surface area contributed by atoms with Crippen LogP contribution in [0.4, 0.5) is 5.69 Å². The number of carboxylic acids is 1. The molecular formula is C20H23NO5. The molecule has 0 saturated heterocycles. The number of hydrogen-bond acceptors (Lipinski definition) is 5. The summed E-state index contributed by atoms with van der Waals surface area (Å²) in [4.78, 5) is 24.8. The van der Waals surface area contributed by atoms with Crippen molar-refractivity contribution in [3.05, 3.63) is 60.2 Å². The molecule has 0 fully saturated rings. The van der Waals surface area contributed by atoms with Gasteiger partial charge in [0.25, 0.3) is 0 Å². The lowest BCUT2D eigenvalue weighted by atomic mass is 9.75. The number of nitrogens with one attached hydrogen (secondary N) is 1. The van der Waals surface area contributed by atoms with Crippen LogP contribution < -0.4 is 10.1 Å². The average Bonchev–Trinajstić information content (AvgIpc) is 2.66. The van der Waals surface area contributed by atoms with Crippen LogP contribution in [0, 0.1) is 0 Å². The van der Waals surface area contributed by atoms with Crippen LogP contribution in [0.2, 0.25) is 0 Å².